The molecule has 0 aromatic heterocycles. The summed E-state index contributed by atoms with van der Waals surface area (Å²) >= 11 is 3.35. The van der Waals surface area contributed by atoms with Crippen LogP contribution in [0.3, 0.4) is 0 Å². The zero-order chi connectivity index (χ0) is 13.1. The van der Waals surface area contributed by atoms with Gasteiger partial charge in [-0.3, -0.25) is 4.79 Å². The highest BCUT2D eigenvalue weighted by Gasteiger charge is 2.66. The molecule has 0 amide bonds. The topological polar surface area (TPSA) is 17.1 Å². The summed E-state index contributed by atoms with van der Waals surface area (Å²) in [5.41, 5.74) is 0.920. The van der Waals surface area contributed by atoms with Gasteiger partial charge >= 0.3 is 0 Å². The number of Topliss-reactive ketones (excluding diaryl/α,β-unsaturated/α-hetero) is 1. The fraction of sp³-hybridized carbons (Fsp3) is 0.562. The van der Waals surface area contributed by atoms with Crippen LogP contribution in [0.5, 0.6) is 0 Å². The summed E-state index contributed by atoms with van der Waals surface area (Å²) in [7, 11) is 0. The molecule has 1 aromatic carbocycles. The summed E-state index contributed by atoms with van der Waals surface area (Å²) < 4.78 is 13.8. The lowest BCUT2D eigenvalue weighted by molar-refractivity contribution is -0.120. The number of carbonyl (C=O) groups excluding carboxylic acids is 1. The van der Waals surface area contributed by atoms with E-state index in [-0.39, 0.29) is 5.82 Å². The highest BCUT2D eigenvalue weighted by Crippen LogP contribution is 2.69. The second-order valence-corrected chi connectivity index (χ2v) is 7.25. The molecule has 2 bridgehead atoms. The van der Waals surface area contributed by atoms with Crippen molar-refractivity contribution in [1.82, 2.24) is 0 Å². The molecule has 4 atom stereocenters. The van der Waals surface area contributed by atoms with Gasteiger partial charge in [0.25, 0.3) is 0 Å². The van der Waals surface area contributed by atoms with Crippen LogP contribution in [0.25, 0.3) is 0 Å². The molecule has 3 saturated carbocycles. The number of fused-ring (bicyclic) bond motifs is 5. The van der Waals surface area contributed by atoms with Gasteiger partial charge in [0.05, 0.1) is 0 Å². The van der Waals surface area contributed by atoms with E-state index in [0.717, 1.165) is 21.9 Å². The molecule has 4 unspecified atom stereocenters. The Labute approximate surface area is 120 Å². The van der Waals surface area contributed by atoms with E-state index >= 15 is 0 Å². The van der Waals surface area contributed by atoms with Crippen molar-refractivity contribution in [1.29, 1.82) is 0 Å². The third-order valence-electron chi connectivity index (χ3n) is 5.49. The zero-order valence-electron chi connectivity index (χ0n) is 10.6. The van der Waals surface area contributed by atoms with Gasteiger partial charge in [0, 0.05) is 16.8 Å². The van der Waals surface area contributed by atoms with Crippen molar-refractivity contribution >= 4 is 21.7 Å². The first-order chi connectivity index (χ1) is 9.15. The van der Waals surface area contributed by atoms with Gasteiger partial charge in [-0.05, 0) is 60.6 Å². The van der Waals surface area contributed by atoms with Crippen molar-refractivity contribution in [2.45, 2.75) is 25.7 Å². The van der Waals surface area contributed by atoms with Crippen LogP contribution in [0.4, 0.5) is 4.39 Å². The Morgan fingerprint density at radius 3 is 2.58 bits per heavy atom. The van der Waals surface area contributed by atoms with E-state index in [0.29, 0.717) is 30.0 Å². The van der Waals surface area contributed by atoms with Gasteiger partial charge in [-0.15, -0.1) is 0 Å². The molecule has 0 saturated heterocycles. The highest BCUT2D eigenvalue weighted by atomic mass is 79.9. The van der Waals surface area contributed by atoms with Gasteiger partial charge < -0.3 is 0 Å². The predicted octanol–water partition coefficient (Wildman–Crippen LogP) is 3.99. The maximum atomic E-state index is 13.0. The summed E-state index contributed by atoms with van der Waals surface area (Å²) in [6.45, 7) is 0. The molecular formula is C16H16BrFO. The summed E-state index contributed by atoms with van der Waals surface area (Å²) in [6, 6.07) is 4.61. The molecule has 0 N–H and O–H groups in total. The average Bonchev–Trinajstić information content (AvgIpc) is 2.82. The zero-order valence-corrected chi connectivity index (χ0v) is 12.2. The molecule has 19 heavy (non-hydrogen) atoms. The van der Waals surface area contributed by atoms with Crippen molar-refractivity contribution in [2.75, 3.05) is 0 Å². The van der Waals surface area contributed by atoms with Crippen LogP contribution in [0.2, 0.25) is 0 Å². The van der Waals surface area contributed by atoms with E-state index in [1.165, 1.54) is 31.4 Å². The summed E-state index contributed by atoms with van der Waals surface area (Å²) in [6.07, 6.45) is 4.52. The average molecular weight is 323 g/mol. The Morgan fingerprint density at radius 2 is 1.95 bits per heavy atom. The maximum absolute atomic E-state index is 13.0. The molecule has 3 fully saturated rings. The minimum atomic E-state index is -0.260. The molecule has 1 aromatic rings. The lowest BCUT2D eigenvalue weighted by Gasteiger charge is -2.09. The van der Waals surface area contributed by atoms with Crippen LogP contribution in [0, 0.1) is 35.4 Å². The Balaban J connectivity index is 1.48. The maximum Gasteiger partial charge on any atom is 0.140 e. The number of carbonyl (C=O) groups is 1. The lowest BCUT2D eigenvalue weighted by atomic mass is 9.96. The van der Waals surface area contributed by atoms with E-state index in [1.807, 2.05) is 0 Å². The number of hydrogen-bond donors (Lipinski definition) is 0. The van der Waals surface area contributed by atoms with Crippen LogP contribution in [0.15, 0.2) is 22.7 Å². The Morgan fingerprint density at radius 1 is 1.26 bits per heavy atom. The number of halogens is 2. The van der Waals surface area contributed by atoms with Crippen LogP contribution in [0.1, 0.15) is 24.8 Å². The standard InChI is InChI=1S/C16H16BrFO/c17-12-7-11(18)4-3-8(12)6-13(19)16-14-9-1-2-10(5-9)15(14)16/h3-4,7,9-10,14-16H,1-2,5-6H2. The Hall–Kier alpha value is -0.700. The second kappa shape index (κ2) is 4.15. The monoisotopic (exact) mass is 322 g/mol. The third kappa shape index (κ3) is 1.81. The van der Waals surface area contributed by atoms with E-state index in [2.05, 4.69) is 15.9 Å². The first-order valence-corrected chi connectivity index (χ1v) is 7.91. The summed E-state index contributed by atoms with van der Waals surface area (Å²) in [4.78, 5) is 12.4. The van der Waals surface area contributed by atoms with Gasteiger partial charge in [0.1, 0.15) is 11.6 Å². The number of hydrogen-bond acceptors (Lipinski definition) is 1. The second-order valence-electron chi connectivity index (χ2n) is 6.39. The molecule has 1 nitrogen and oxygen atoms in total. The highest BCUT2D eigenvalue weighted by molar-refractivity contribution is 9.10. The van der Waals surface area contributed by atoms with Crippen molar-refractivity contribution < 1.29 is 9.18 Å². The van der Waals surface area contributed by atoms with Crippen LogP contribution >= 0.6 is 15.9 Å². The molecule has 0 radical (unpaired) electrons. The van der Waals surface area contributed by atoms with Crippen molar-refractivity contribution in [2.24, 2.45) is 29.6 Å². The molecule has 0 spiro atoms. The van der Waals surface area contributed by atoms with Crippen LogP contribution in [-0.2, 0) is 11.2 Å². The van der Waals surface area contributed by atoms with Gasteiger partial charge in [-0.1, -0.05) is 22.0 Å². The largest absolute Gasteiger partial charge is 0.299 e. The first kappa shape index (κ1) is 12.1. The summed E-state index contributed by atoms with van der Waals surface area (Å²) in [5.74, 6) is 3.50. The fourth-order valence-electron chi connectivity index (χ4n) is 4.73. The van der Waals surface area contributed by atoms with E-state index in [1.54, 1.807) is 6.07 Å². The summed E-state index contributed by atoms with van der Waals surface area (Å²) in [5, 5.41) is 0. The molecule has 4 rings (SSSR count). The number of ketones is 1. The van der Waals surface area contributed by atoms with Crippen LogP contribution in [-0.4, -0.2) is 5.78 Å². The molecule has 3 heteroatoms. The molecule has 0 aliphatic heterocycles. The normalized spacial score (nSPS) is 38.3. The van der Waals surface area contributed by atoms with Gasteiger partial charge in [0.2, 0.25) is 0 Å². The molecule has 3 aliphatic carbocycles. The number of benzene rings is 1. The first-order valence-electron chi connectivity index (χ1n) is 7.12. The smallest absolute Gasteiger partial charge is 0.140 e. The Kier molecular flexibility index (Phi) is 2.63. The van der Waals surface area contributed by atoms with Crippen LogP contribution < -0.4 is 0 Å². The predicted molar refractivity (Wildman–Crippen MR) is 74.1 cm³/mol. The van der Waals surface area contributed by atoms with Gasteiger partial charge in [-0.25, -0.2) is 4.39 Å². The van der Waals surface area contributed by atoms with E-state index in [4.69, 9.17) is 0 Å². The van der Waals surface area contributed by atoms with Crippen molar-refractivity contribution in [3.63, 3.8) is 0 Å². The lowest BCUT2D eigenvalue weighted by Crippen LogP contribution is -2.12. The minimum Gasteiger partial charge on any atom is -0.299 e. The molecule has 0 heterocycles. The van der Waals surface area contributed by atoms with Crippen molar-refractivity contribution in [3.05, 3.63) is 34.1 Å². The van der Waals surface area contributed by atoms with E-state index < -0.39 is 0 Å². The van der Waals surface area contributed by atoms with E-state index in [9.17, 15) is 9.18 Å². The van der Waals surface area contributed by atoms with Gasteiger partial charge in [-0.2, -0.15) is 0 Å². The molecule has 3 aliphatic rings. The molecular weight excluding hydrogens is 307 g/mol. The SMILES string of the molecule is O=C(Cc1ccc(F)cc1Br)C1C2C3CCC(C3)C12. The number of rotatable bonds is 3. The minimum absolute atomic E-state index is 0.260. The third-order valence-corrected chi connectivity index (χ3v) is 6.23. The van der Waals surface area contributed by atoms with Gasteiger partial charge in [0.15, 0.2) is 0 Å². The van der Waals surface area contributed by atoms with Crippen molar-refractivity contribution in [3.8, 4) is 0 Å². The quantitative estimate of drug-likeness (QED) is 0.822. The fourth-order valence-corrected chi connectivity index (χ4v) is 5.22. The molecule has 100 valence electrons. The Bertz CT molecular complexity index is 540.